The van der Waals surface area contributed by atoms with Gasteiger partial charge in [0, 0.05) is 18.7 Å². The molecule has 0 bridgehead atoms. The minimum Gasteiger partial charge on any atom is -0.495 e. The molecule has 2 rings (SSSR count). The predicted molar refractivity (Wildman–Crippen MR) is 59.8 cm³/mol. The van der Waals surface area contributed by atoms with Crippen molar-refractivity contribution in [2.24, 2.45) is 11.8 Å². The van der Waals surface area contributed by atoms with Crippen LogP contribution in [0.15, 0.2) is 18.5 Å². The molecule has 1 aromatic heterocycles. The van der Waals surface area contributed by atoms with E-state index in [2.05, 4.69) is 10.4 Å². The maximum absolute atomic E-state index is 5.60. The normalized spacial score (nSPS) is 22.0. The van der Waals surface area contributed by atoms with Gasteiger partial charge in [-0.2, -0.15) is 0 Å². The first-order chi connectivity index (χ1) is 7.85. The van der Waals surface area contributed by atoms with Gasteiger partial charge in [-0.15, -0.1) is 0 Å². The minimum absolute atomic E-state index is 0.0742. The molecule has 1 aliphatic rings. The summed E-state index contributed by atoms with van der Waals surface area (Å²) in [5.74, 6) is 6.75. The van der Waals surface area contributed by atoms with E-state index in [4.69, 9.17) is 15.3 Å². The van der Waals surface area contributed by atoms with Crippen LogP contribution in [0.25, 0.3) is 0 Å². The number of nitrogens with zero attached hydrogens (tertiary/aromatic N) is 1. The highest BCUT2D eigenvalue weighted by atomic mass is 16.5. The zero-order chi connectivity index (χ0) is 11.4. The van der Waals surface area contributed by atoms with Crippen LogP contribution in [0, 0.1) is 5.92 Å². The summed E-state index contributed by atoms with van der Waals surface area (Å²) in [6.45, 7) is 1.55. The van der Waals surface area contributed by atoms with Gasteiger partial charge in [-0.05, 0) is 18.1 Å². The van der Waals surface area contributed by atoms with Crippen LogP contribution in [-0.4, -0.2) is 25.3 Å². The number of hydrogen-bond acceptors (Lipinski definition) is 5. The van der Waals surface area contributed by atoms with E-state index in [9.17, 15) is 0 Å². The van der Waals surface area contributed by atoms with Crippen LogP contribution in [0.5, 0.6) is 5.75 Å². The molecule has 88 valence electrons. The highest BCUT2D eigenvalue weighted by Crippen LogP contribution is 2.29. The van der Waals surface area contributed by atoms with Crippen LogP contribution in [0.1, 0.15) is 18.0 Å². The Morgan fingerprint density at radius 3 is 3.12 bits per heavy atom. The summed E-state index contributed by atoms with van der Waals surface area (Å²) in [7, 11) is 1.63. The Kier molecular flexibility index (Phi) is 3.71. The molecule has 0 aromatic carbocycles. The third-order valence-electron chi connectivity index (χ3n) is 2.94. The molecule has 0 radical (unpaired) electrons. The fourth-order valence-electron chi connectivity index (χ4n) is 2.04. The average molecular weight is 223 g/mol. The van der Waals surface area contributed by atoms with Crippen molar-refractivity contribution in [2.45, 2.75) is 12.5 Å². The van der Waals surface area contributed by atoms with E-state index in [1.165, 1.54) is 0 Å². The van der Waals surface area contributed by atoms with Crippen molar-refractivity contribution in [3.05, 3.63) is 24.0 Å². The molecule has 0 amide bonds. The highest BCUT2D eigenvalue weighted by Gasteiger charge is 2.26. The molecule has 2 heterocycles. The Morgan fingerprint density at radius 2 is 2.50 bits per heavy atom. The smallest absolute Gasteiger partial charge is 0.137 e. The second kappa shape index (κ2) is 5.25. The molecule has 2 unspecified atom stereocenters. The molecule has 1 fully saturated rings. The predicted octanol–water partition coefficient (Wildman–Crippen LogP) is 0.631. The lowest BCUT2D eigenvalue weighted by molar-refractivity contribution is 0.176. The molecular formula is C11H17N3O2. The van der Waals surface area contributed by atoms with E-state index in [1.54, 1.807) is 13.3 Å². The molecule has 1 saturated heterocycles. The quantitative estimate of drug-likeness (QED) is 0.579. The summed E-state index contributed by atoms with van der Waals surface area (Å²) in [5, 5.41) is 0. The number of methoxy groups -OCH3 is 1. The van der Waals surface area contributed by atoms with Crippen molar-refractivity contribution >= 4 is 0 Å². The molecular weight excluding hydrogens is 206 g/mol. The fraction of sp³-hybridized carbons (Fsp3) is 0.545. The number of hydrazine groups is 1. The Hall–Kier alpha value is -1.17. The van der Waals surface area contributed by atoms with Crippen molar-refractivity contribution in [1.29, 1.82) is 0 Å². The first-order valence-electron chi connectivity index (χ1n) is 5.38. The van der Waals surface area contributed by atoms with Gasteiger partial charge in [0.05, 0.1) is 26.0 Å². The van der Waals surface area contributed by atoms with Crippen LogP contribution < -0.4 is 16.0 Å². The molecule has 0 aliphatic carbocycles. The van der Waals surface area contributed by atoms with Gasteiger partial charge in [-0.1, -0.05) is 0 Å². The van der Waals surface area contributed by atoms with Crippen LogP contribution in [0.4, 0.5) is 0 Å². The van der Waals surface area contributed by atoms with Gasteiger partial charge in [-0.3, -0.25) is 16.3 Å². The molecule has 2 atom stereocenters. The number of rotatable bonds is 4. The van der Waals surface area contributed by atoms with Gasteiger partial charge >= 0.3 is 0 Å². The Labute approximate surface area is 94.9 Å². The molecule has 5 heteroatoms. The first-order valence-corrected chi connectivity index (χ1v) is 5.38. The third kappa shape index (κ3) is 2.32. The first kappa shape index (κ1) is 11.3. The van der Waals surface area contributed by atoms with Crippen LogP contribution in [-0.2, 0) is 4.74 Å². The molecule has 1 aliphatic heterocycles. The standard InChI is InChI=1S/C11H17N3O2/c1-15-10-4-9(5-13-6-10)11(14-12)8-2-3-16-7-8/h4-6,8,11,14H,2-3,7,12H2,1H3. The van der Waals surface area contributed by atoms with Gasteiger partial charge in [0.1, 0.15) is 5.75 Å². The second-order valence-electron chi connectivity index (χ2n) is 3.93. The van der Waals surface area contributed by atoms with E-state index in [-0.39, 0.29) is 6.04 Å². The molecule has 0 saturated carbocycles. The highest BCUT2D eigenvalue weighted by molar-refractivity contribution is 5.26. The summed E-state index contributed by atoms with van der Waals surface area (Å²) in [4.78, 5) is 4.13. The van der Waals surface area contributed by atoms with Crippen LogP contribution in [0.2, 0.25) is 0 Å². The number of aromatic nitrogens is 1. The summed E-state index contributed by atoms with van der Waals surface area (Å²) in [5.41, 5.74) is 3.88. The SMILES string of the molecule is COc1cncc(C(NN)C2CCOC2)c1. The molecule has 0 spiro atoms. The zero-order valence-electron chi connectivity index (χ0n) is 9.35. The van der Waals surface area contributed by atoms with Gasteiger partial charge in [0.25, 0.3) is 0 Å². The number of pyridine rings is 1. The van der Waals surface area contributed by atoms with E-state index < -0.39 is 0 Å². The molecule has 5 nitrogen and oxygen atoms in total. The van der Waals surface area contributed by atoms with Crippen LogP contribution in [0.3, 0.4) is 0 Å². The molecule has 3 N–H and O–H groups in total. The van der Waals surface area contributed by atoms with E-state index in [0.717, 1.165) is 30.9 Å². The number of ether oxygens (including phenoxy) is 2. The zero-order valence-corrected chi connectivity index (χ0v) is 9.35. The Balaban J connectivity index is 2.18. The monoisotopic (exact) mass is 223 g/mol. The largest absolute Gasteiger partial charge is 0.495 e. The third-order valence-corrected chi connectivity index (χ3v) is 2.94. The summed E-state index contributed by atoms with van der Waals surface area (Å²) in [6, 6.07) is 2.03. The van der Waals surface area contributed by atoms with Crippen molar-refractivity contribution in [3.8, 4) is 5.75 Å². The lowest BCUT2D eigenvalue weighted by atomic mass is 9.94. The van der Waals surface area contributed by atoms with Crippen LogP contribution >= 0.6 is 0 Å². The molecule has 16 heavy (non-hydrogen) atoms. The fourth-order valence-corrected chi connectivity index (χ4v) is 2.04. The van der Waals surface area contributed by atoms with Crippen molar-refractivity contribution in [2.75, 3.05) is 20.3 Å². The van der Waals surface area contributed by atoms with Crippen molar-refractivity contribution in [3.63, 3.8) is 0 Å². The lowest BCUT2D eigenvalue weighted by Gasteiger charge is -2.21. The molecule has 1 aromatic rings. The van der Waals surface area contributed by atoms with E-state index in [1.807, 2.05) is 12.3 Å². The number of hydrogen-bond donors (Lipinski definition) is 2. The second-order valence-corrected chi connectivity index (χ2v) is 3.93. The van der Waals surface area contributed by atoms with Gasteiger partial charge < -0.3 is 9.47 Å². The van der Waals surface area contributed by atoms with E-state index in [0.29, 0.717) is 5.92 Å². The van der Waals surface area contributed by atoms with Crippen molar-refractivity contribution < 1.29 is 9.47 Å². The maximum atomic E-state index is 5.60. The van der Waals surface area contributed by atoms with Gasteiger partial charge in [-0.25, -0.2) is 0 Å². The number of nitrogens with one attached hydrogen (secondary N) is 1. The van der Waals surface area contributed by atoms with Gasteiger partial charge in [0.2, 0.25) is 0 Å². The number of nitrogens with two attached hydrogens (primary N) is 1. The summed E-state index contributed by atoms with van der Waals surface area (Å²) in [6.07, 6.45) is 4.51. The summed E-state index contributed by atoms with van der Waals surface area (Å²) >= 11 is 0. The summed E-state index contributed by atoms with van der Waals surface area (Å²) < 4.78 is 10.5. The van der Waals surface area contributed by atoms with E-state index >= 15 is 0 Å². The average Bonchev–Trinajstić information content (AvgIpc) is 2.84. The minimum atomic E-state index is 0.0742. The Bertz CT molecular complexity index is 340. The topological polar surface area (TPSA) is 69.4 Å². The lowest BCUT2D eigenvalue weighted by Crippen LogP contribution is -2.34. The van der Waals surface area contributed by atoms with Crippen molar-refractivity contribution in [1.82, 2.24) is 10.4 Å². The Morgan fingerprint density at radius 1 is 1.62 bits per heavy atom. The van der Waals surface area contributed by atoms with Gasteiger partial charge in [0.15, 0.2) is 0 Å². The maximum Gasteiger partial charge on any atom is 0.137 e.